The number of nitrogens with two attached hydrogens (primary N) is 1. The molecule has 3 rings (SSSR count). The fraction of sp³-hybridized carbons (Fsp3) is 0.300. The Balaban J connectivity index is 0.00000243. The van der Waals surface area contributed by atoms with Crippen LogP contribution < -0.4 is 11.1 Å². The van der Waals surface area contributed by atoms with Crippen molar-refractivity contribution in [3.05, 3.63) is 70.8 Å². The molecule has 2 aromatic carbocycles. The van der Waals surface area contributed by atoms with Crippen molar-refractivity contribution in [2.45, 2.75) is 19.4 Å². The lowest BCUT2D eigenvalue weighted by Gasteiger charge is -2.36. The molecule has 6 heteroatoms. The molecule has 1 fully saturated rings. The second-order valence-electron chi connectivity index (χ2n) is 6.26. The Labute approximate surface area is 160 Å². The predicted octanol–water partition coefficient (Wildman–Crippen LogP) is 2.56. The van der Waals surface area contributed by atoms with Crippen LogP contribution in [0, 0.1) is 0 Å². The third-order valence-corrected chi connectivity index (χ3v) is 4.67. The number of aryl methyl sites for hydroxylation is 1. The van der Waals surface area contributed by atoms with Gasteiger partial charge in [0.2, 0.25) is 5.91 Å². The highest BCUT2D eigenvalue weighted by Gasteiger charge is 2.28. The van der Waals surface area contributed by atoms with Crippen molar-refractivity contribution in [1.29, 1.82) is 0 Å². The zero-order valence-electron chi connectivity index (χ0n) is 14.8. The number of nitrogens with zero attached hydrogens (tertiary/aromatic N) is 1. The minimum absolute atomic E-state index is 0. The van der Waals surface area contributed by atoms with E-state index in [0.29, 0.717) is 24.2 Å². The van der Waals surface area contributed by atoms with Gasteiger partial charge in [-0.1, -0.05) is 37.3 Å². The SMILES string of the molecule is CCc1ccc(C2CNCCN2C(=O)c2cccc(C(N)=O)c2)cc1.Cl. The first-order valence-corrected chi connectivity index (χ1v) is 8.60. The van der Waals surface area contributed by atoms with Crippen molar-refractivity contribution in [2.24, 2.45) is 5.73 Å². The van der Waals surface area contributed by atoms with Crippen LogP contribution in [-0.4, -0.2) is 36.3 Å². The number of rotatable bonds is 4. The summed E-state index contributed by atoms with van der Waals surface area (Å²) in [6.07, 6.45) is 0.992. The van der Waals surface area contributed by atoms with Gasteiger partial charge in [-0.3, -0.25) is 9.59 Å². The summed E-state index contributed by atoms with van der Waals surface area (Å²) in [5.41, 5.74) is 8.57. The molecule has 1 aliphatic heterocycles. The van der Waals surface area contributed by atoms with Crippen LogP contribution in [-0.2, 0) is 6.42 Å². The van der Waals surface area contributed by atoms with Gasteiger partial charge in [-0.15, -0.1) is 12.4 Å². The summed E-state index contributed by atoms with van der Waals surface area (Å²) < 4.78 is 0. The Bertz CT molecular complexity index is 777. The first-order valence-electron chi connectivity index (χ1n) is 8.60. The van der Waals surface area contributed by atoms with Crippen LogP contribution in [0.5, 0.6) is 0 Å². The maximum absolute atomic E-state index is 13.0. The second kappa shape index (κ2) is 8.83. The molecule has 0 radical (unpaired) electrons. The smallest absolute Gasteiger partial charge is 0.254 e. The average Bonchev–Trinajstić information content (AvgIpc) is 2.67. The lowest BCUT2D eigenvalue weighted by molar-refractivity contribution is 0.0634. The molecule has 2 aromatic rings. The van der Waals surface area contributed by atoms with Crippen molar-refractivity contribution in [3.63, 3.8) is 0 Å². The molecule has 0 aliphatic carbocycles. The highest BCUT2D eigenvalue weighted by atomic mass is 35.5. The monoisotopic (exact) mass is 373 g/mol. The molecule has 1 heterocycles. The molecular formula is C20H24ClN3O2. The standard InChI is InChI=1S/C20H23N3O2.ClH/c1-2-14-6-8-15(9-7-14)18-13-22-10-11-23(18)20(25)17-5-3-4-16(12-17)19(21)24;/h3-9,12,18,22H,2,10-11,13H2,1H3,(H2,21,24);1H. The summed E-state index contributed by atoms with van der Waals surface area (Å²) in [5, 5.41) is 3.36. The summed E-state index contributed by atoms with van der Waals surface area (Å²) in [6.45, 7) is 4.22. The molecule has 1 unspecified atom stereocenters. The molecule has 5 nitrogen and oxygen atoms in total. The number of carbonyl (C=O) groups is 2. The molecule has 0 spiro atoms. The molecule has 3 N–H and O–H groups in total. The predicted molar refractivity (Wildman–Crippen MR) is 105 cm³/mol. The molecular weight excluding hydrogens is 350 g/mol. The van der Waals surface area contributed by atoms with Crippen LogP contribution in [0.25, 0.3) is 0 Å². The Morgan fingerprint density at radius 1 is 1.15 bits per heavy atom. The van der Waals surface area contributed by atoms with Crippen molar-refractivity contribution < 1.29 is 9.59 Å². The van der Waals surface area contributed by atoms with Gasteiger partial charge in [0.05, 0.1) is 6.04 Å². The first kappa shape index (κ1) is 19.9. The molecule has 2 amide bonds. The third-order valence-electron chi connectivity index (χ3n) is 4.67. The quantitative estimate of drug-likeness (QED) is 0.864. The van der Waals surface area contributed by atoms with Gasteiger partial charge in [-0.2, -0.15) is 0 Å². The topological polar surface area (TPSA) is 75.4 Å². The van der Waals surface area contributed by atoms with Gasteiger partial charge >= 0.3 is 0 Å². The van der Waals surface area contributed by atoms with E-state index in [4.69, 9.17) is 5.73 Å². The summed E-state index contributed by atoms with van der Waals surface area (Å²) in [6, 6.07) is 15.0. The number of carbonyl (C=O) groups excluding carboxylic acids is 2. The van der Waals surface area contributed by atoms with E-state index in [0.717, 1.165) is 18.5 Å². The highest BCUT2D eigenvalue weighted by molar-refractivity contribution is 5.99. The molecule has 1 aliphatic rings. The molecule has 0 aromatic heterocycles. The number of piperazine rings is 1. The number of nitrogens with one attached hydrogen (secondary N) is 1. The number of primary amides is 1. The number of halogens is 1. The number of hydrogen-bond acceptors (Lipinski definition) is 3. The van der Waals surface area contributed by atoms with E-state index in [1.165, 1.54) is 5.56 Å². The maximum atomic E-state index is 13.0. The highest BCUT2D eigenvalue weighted by Crippen LogP contribution is 2.25. The molecule has 26 heavy (non-hydrogen) atoms. The number of hydrogen-bond donors (Lipinski definition) is 2. The number of benzene rings is 2. The van der Waals surface area contributed by atoms with Crippen LogP contribution >= 0.6 is 12.4 Å². The van der Waals surface area contributed by atoms with E-state index in [1.54, 1.807) is 24.3 Å². The van der Waals surface area contributed by atoms with Gasteiger partial charge in [0, 0.05) is 30.8 Å². The Morgan fingerprint density at radius 2 is 1.85 bits per heavy atom. The van der Waals surface area contributed by atoms with Crippen LogP contribution in [0.15, 0.2) is 48.5 Å². The zero-order chi connectivity index (χ0) is 17.8. The van der Waals surface area contributed by atoms with E-state index in [-0.39, 0.29) is 24.4 Å². The minimum Gasteiger partial charge on any atom is -0.366 e. The normalized spacial score (nSPS) is 16.7. The third kappa shape index (κ3) is 4.23. The molecule has 1 saturated heterocycles. The summed E-state index contributed by atoms with van der Waals surface area (Å²) in [5.74, 6) is -0.601. The zero-order valence-corrected chi connectivity index (χ0v) is 15.6. The van der Waals surface area contributed by atoms with Crippen LogP contribution in [0.4, 0.5) is 0 Å². The van der Waals surface area contributed by atoms with Gasteiger partial charge in [-0.05, 0) is 35.7 Å². The van der Waals surface area contributed by atoms with E-state index in [2.05, 4.69) is 36.5 Å². The fourth-order valence-electron chi connectivity index (χ4n) is 3.19. The van der Waals surface area contributed by atoms with Gasteiger partial charge in [0.15, 0.2) is 0 Å². The van der Waals surface area contributed by atoms with E-state index in [9.17, 15) is 9.59 Å². The van der Waals surface area contributed by atoms with Gasteiger partial charge in [-0.25, -0.2) is 0 Å². The maximum Gasteiger partial charge on any atom is 0.254 e. The fourth-order valence-corrected chi connectivity index (χ4v) is 3.19. The summed E-state index contributed by atoms with van der Waals surface area (Å²) in [4.78, 5) is 26.3. The van der Waals surface area contributed by atoms with Gasteiger partial charge in [0.1, 0.15) is 0 Å². The van der Waals surface area contributed by atoms with Crippen molar-refractivity contribution in [3.8, 4) is 0 Å². The van der Waals surface area contributed by atoms with Gasteiger partial charge in [0.25, 0.3) is 5.91 Å². The van der Waals surface area contributed by atoms with E-state index in [1.807, 2.05) is 4.90 Å². The minimum atomic E-state index is -0.526. The Hall–Kier alpha value is -2.37. The molecule has 138 valence electrons. The largest absolute Gasteiger partial charge is 0.366 e. The molecule has 0 bridgehead atoms. The van der Waals surface area contributed by atoms with Gasteiger partial charge < -0.3 is 16.0 Å². The Kier molecular flexibility index (Phi) is 6.77. The average molecular weight is 374 g/mol. The lowest BCUT2D eigenvalue weighted by Crippen LogP contribution is -2.48. The van der Waals surface area contributed by atoms with Crippen molar-refractivity contribution in [2.75, 3.05) is 19.6 Å². The lowest BCUT2D eigenvalue weighted by atomic mass is 9.99. The second-order valence-corrected chi connectivity index (χ2v) is 6.26. The van der Waals surface area contributed by atoms with Crippen LogP contribution in [0.1, 0.15) is 44.8 Å². The van der Waals surface area contributed by atoms with Crippen LogP contribution in [0.3, 0.4) is 0 Å². The first-order chi connectivity index (χ1) is 12.1. The van der Waals surface area contributed by atoms with Crippen molar-refractivity contribution >= 4 is 24.2 Å². The van der Waals surface area contributed by atoms with E-state index < -0.39 is 5.91 Å². The summed E-state index contributed by atoms with van der Waals surface area (Å²) in [7, 11) is 0. The Morgan fingerprint density at radius 3 is 2.50 bits per heavy atom. The molecule has 1 atom stereocenters. The number of amides is 2. The molecule has 0 saturated carbocycles. The van der Waals surface area contributed by atoms with E-state index >= 15 is 0 Å². The summed E-state index contributed by atoms with van der Waals surface area (Å²) >= 11 is 0. The van der Waals surface area contributed by atoms with Crippen LogP contribution in [0.2, 0.25) is 0 Å². The van der Waals surface area contributed by atoms with Crippen molar-refractivity contribution in [1.82, 2.24) is 10.2 Å².